The largest absolute Gasteiger partial charge is 0.495 e. The van der Waals surface area contributed by atoms with Crippen LogP contribution in [0.15, 0.2) is 42.5 Å². The van der Waals surface area contributed by atoms with Crippen LogP contribution in [0.25, 0.3) is 0 Å². The maximum atomic E-state index is 12.2. The Kier molecular flexibility index (Phi) is 5.65. The number of hydrogen-bond acceptors (Lipinski definition) is 5. The lowest BCUT2D eigenvalue weighted by atomic mass is 10.2. The highest BCUT2D eigenvalue weighted by Crippen LogP contribution is 2.24. The van der Waals surface area contributed by atoms with Crippen molar-refractivity contribution in [3.63, 3.8) is 0 Å². The lowest BCUT2D eigenvalue weighted by Crippen LogP contribution is -2.30. The number of esters is 1. The first-order chi connectivity index (χ1) is 11.4. The van der Waals surface area contributed by atoms with Crippen molar-refractivity contribution in [2.45, 2.75) is 13.0 Å². The van der Waals surface area contributed by atoms with Crippen LogP contribution in [0, 0.1) is 0 Å². The minimum absolute atomic E-state index is 0.149. The number of amides is 1. The van der Waals surface area contributed by atoms with Crippen molar-refractivity contribution in [2.24, 2.45) is 0 Å². The number of methoxy groups -OCH3 is 1. The van der Waals surface area contributed by atoms with Gasteiger partial charge in [0.1, 0.15) is 5.75 Å². The maximum absolute atomic E-state index is 12.2. The summed E-state index contributed by atoms with van der Waals surface area (Å²) in [5, 5.41) is 3.06. The molecule has 6 nitrogen and oxygen atoms in total. The van der Waals surface area contributed by atoms with E-state index < -0.39 is 18.0 Å². The smallest absolute Gasteiger partial charge is 0.341 e. The summed E-state index contributed by atoms with van der Waals surface area (Å²) >= 11 is 5.79. The van der Waals surface area contributed by atoms with Gasteiger partial charge in [0.2, 0.25) is 0 Å². The normalized spacial score (nSPS) is 11.5. The van der Waals surface area contributed by atoms with Gasteiger partial charge in [-0.25, -0.2) is 4.79 Å². The second kappa shape index (κ2) is 7.70. The van der Waals surface area contributed by atoms with E-state index in [0.29, 0.717) is 16.5 Å². The van der Waals surface area contributed by atoms with Crippen molar-refractivity contribution in [2.75, 3.05) is 18.2 Å². The summed E-state index contributed by atoms with van der Waals surface area (Å²) in [7, 11) is 1.50. The molecule has 0 aromatic heterocycles. The van der Waals surface area contributed by atoms with Crippen LogP contribution in [0.2, 0.25) is 5.02 Å². The summed E-state index contributed by atoms with van der Waals surface area (Å²) in [6.45, 7) is 1.47. The van der Waals surface area contributed by atoms with Gasteiger partial charge in [-0.1, -0.05) is 23.7 Å². The first kappa shape index (κ1) is 17.6. The first-order valence-electron chi connectivity index (χ1n) is 7.12. The van der Waals surface area contributed by atoms with Gasteiger partial charge in [-0.05, 0) is 37.3 Å². The van der Waals surface area contributed by atoms with Crippen molar-refractivity contribution in [3.05, 3.63) is 53.1 Å². The van der Waals surface area contributed by atoms with Gasteiger partial charge in [0, 0.05) is 10.7 Å². The molecule has 0 spiro atoms. The third-order valence-electron chi connectivity index (χ3n) is 3.25. The van der Waals surface area contributed by atoms with Crippen LogP contribution >= 0.6 is 11.6 Å². The van der Waals surface area contributed by atoms with Crippen LogP contribution in [0.3, 0.4) is 0 Å². The molecule has 0 heterocycles. The molecular weight excluding hydrogens is 332 g/mol. The van der Waals surface area contributed by atoms with E-state index in [1.807, 2.05) is 0 Å². The summed E-state index contributed by atoms with van der Waals surface area (Å²) in [5.41, 5.74) is 6.55. The molecule has 2 rings (SSSR count). The highest BCUT2D eigenvalue weighted by atomic mass is 35.5. The van der Waals surface area contributed by atoms with Crippen LogP contribution in [0.4, 0.5) is 11.4 Å². The Balaban J connectivity index is 2.04. The Labute approximate surface area is 144 Å². The minimum atomic E-state index is -1.02. The number of hydrogen-bond donors (Lipinski definition) is 2. The lowest BCUT2D eigenvalue weighted by molar-refractivity contribution is -0.123. The van der Waals surface area contributed by atoms with Crippen LogP contribution < -0.4 is 15.8 Å². The number of para-hydroxylation sites is 2. The van der Waals surface area contributed by atoms with E-state index in [0.717, 1.165) is 0 Å². The number of benzene rings is 2. The Morgan fingerprint density at radius 3 is 2.58 bits per heavy atom. The van der Waals surface area contributed by atoms with Gasteiger partial charge in [0.15, 0.2) is 6.10 Å². The Hall–Kier alpha value is -2.73. The van der Waals surface area contributed by atoms with Gasteiger partial charge >= 0.3 is 5.97 Å². The van der Waals surface area contributed by atoms with Gasteiger partial charge in [-0.3, -0.25) is 4.79 Å². The molecule has 1 amide bonds. The standard InChI is InChI=1S/C17H17ClN2O4/c1-10(16(21)20-14-5-3-4-6-15(14)23-2)24-17(22)12-8-7-11(18)9-13(12)19/h3-10H,19H2,1-2H3,(H,20,21). The summed E-state index contributed by atoms with van der Waals surface area (Å²) < 4.78 is 10.3. The van der Waals surface area contributed by atoms with Crippen LogP contribution in [-0.4, -0.2) is 25.1 Å². The topological polar surface area (TPSA) is 90.6 Å². The molecule has 0 saturated heterocycles. The number of halogens is 1. The summed E-state index contributed by atoms with van der Waals surface area (Å²) in [6.07, 6.45) is -1.02. The predicted molar refractivity (Wildman–Crippen MR) is 92.4 cm³/mol. The molecule has 0 saturated carbocycles. The summed E-state index contributed by atoms with van der Waals surface area (Å²) in [4.78, 5) is 24.3. The molecule has 24 heavy (non-hydrogen) atoms. The van der Waals surface area contributed by atoms with E-state index in [1.165, 1.54) is 32.2 Å². The Morgan fingerprint density at radius 2 is 1.92 bits per heavy atom. The number of anilines is 2. The minimum Gasteiger partial charge on any atom is -0.495 e. The zero-order valence-electron chi connectivity index (χ0n) is 13.2. The fourth-order valence-electron chi connectivity index (χ4n) is 1.98. The summed E-state index contributed by atoms with van der Waals surface area (Å²) in [5.74, 6) is -0.682. The maximum Gasteiger partial charge on any atom is 0.341 e. The molecule has 2 aromatic rings. The molecule has 0 radical (unpaired) electrons. The number of nitrogens with two attached hydrogens (primary N) is 1. The van der Waals surface area contributed by atoms with Crippen molar-refractivity contribution < 1.29 is 19.1 Å². The molecule has 3 N–H and O–H groups in total. The van der Waals surface area contributed by atoms with E-state index >= 15 is 0 Å². The highest BCUT2D eigenvalue weighted by molar-refractivity contribution is 6.31. The Bertz CT molecular complexity index is 764. The molecule has 1 unspecified atom stereocenters. The third-order valence-corrected chi connectivity index (χ3v) is 3.49. The number of rotatable bonds is 5. The van der Waals surface area contributed by atoms with E-state index in [1.54, 1.807) is 24.3 Å². The second-order valence-corrected chi connectivity index (χ2v) is 5.41. The monoisotopic (exact) mass is 348 g/mol. The van der Waals surface area contributed by atoms with Gasteiger partial charge in [0.05, 0.1) is 18.4 Å². The molecule has 0 aliphatic rings. The van der Waals surface area contributed by atoms with E-state index in [-0.39, 0.29) is 11.3 Å². The number of carbonyl (C=O) groups excluding carboxylic acids is 2. The van der Waals surface area contributed by atoms with E-state index in [9.17, 15) is 9.59 Å². The number of nitrogens with one attached hydrogen (secondary N) is 1. The van der Waals surface area contributed by atoms with E-state index in [2.05, 4.69) is 5.32 Å². The van der Waals surface area contributed by atoms with Gasteiger partial charge in [0.25, 0.3) is 5.91 Å². The molecule has 126 valence electrons. The second-order valence-electron chi connectivity index (χ2n) is 4.97. The molecule has 0 aliphatic heterocycles. The lowest BCUT2D eigenvalue weighted by Gasteiger charge is -2.15. The van der Waals surface area contributed by atoms with Crippen LogP contribution in [-0.2, 0) is 9.53 Å². The van der Waals surface area contributed by atoms with Gasteiger partial charge in [-0.15, -0.1) is 0 Å². The third kappa shape index (κ3) is 4.17. The number of carbonyl (C=O) groups is 2. The van der Waals surface area contributed by atoms with Crippen molar-refractivity contribution in [1.29, 1.82) is 0 Å². The average molecular weight is 349 g/mol. The highest BCUT2D eigenvalue weighted by Gasteiger charge is 2.21. The van der Waals surface area contributed by atoms with Crippen LogP contribution in [0.1, 0.15) is 17.3 Å². The van der Waals surface area contributed by atoms with Crippen molar-refractivity contribution in [3.8, 4) is 5.75 Å². The molecule has 0 bridgehead atoms. The fraction of sp³-hybridized carbons (Fsp3) is 0.176. The predicted octanol–water partition coefficient (Wildman–Crippen LogP) is 3.11. The molecule has 0 aliphatic carbocycles. The molecule has 0 fully saturated rings. The van der Waals surface area contributed by atoms with Crippen molar-refractivity contribution >= 4 is 34.9 Å². The molecule has 1 atom stereocenters. The fourth-order valence-corrected chi connectivity index (χ4v) is 2.16. The molecule has 7 heteroatoms. The van der Waals surface area contributed by atoms with Gasteiger partial charge in [-0.2, -0.15) is 0 Å². The molecular formula is C17H17ClN2O4. The summed E-state index contributed by atoms with van der Waals surface area (Å²) in [6, 6.07) is 11.3. The number of ether oxygens (including phenoxy) is 2. The first-order valence-corrected chi connectivity index (χ1v) is 7.50. The van der Waals surface area contributed by atoms with E-state index in [4.69, 9.17) is 26.8 Å². The van der Waals surface area contributed by atoms with Crippen molar-refractivity contribution in [1.82, 2.24) is 0 Å². The zero-order valence-corrected chi connectivity index (χ0v) is 14.0. The van der Waals surface area contributed by atoms with Gasteiger partial charge < -0.3 is 20.5 Å². The Morgan fingerprint density at radius 1 is 1.21 bits per heavy atom. The average Bonchev–Trinajstić information content (AvgIpc) is 2.55. The SMILES string of the molecule is COc1ccccc1NC(=O)C(C)OC(=O)c1ccc(Cl)cc1N. The zero-order chi connectivity index (χ0) is 17.7. The number of nitrogen functional groups attached to an aromatic ring is 1. The quantitative estimate of drug-likeness (QED) is 0.640. The molecule has 2 aromatic carbocycles. The van der Waals surface area contributed by atoms with Crippen LogP contribution in [0.5, 0.6) is 5.75 Å².